The lowest BCUT2D eigenvalue weighted by Crippen LogP contribution is -2.32. The van der Waals surface area contributed by atoms with E-state index in [0.717, 1.165) is 6.33 Å². The lowest BCUT2D eigenvalue weighted by atomic mass is 9.92. The quantitative estimate of drug-likeness (QED) is 0.534. The van der Waals surface area contributed by atoms with E-state index in [0.29, 0.717) is 6.07 Å². The molecule has 2 aromatic heterocycles. The van der Waals surface area contributed by atoms with Crippen LogP contribution in [0.5, 0.6) is 0 Å². The molecule has 1 aliphatic rings. The SMILES string of the molecule is N=C(c1cc(C(F)(F)F)ncn1)c1c(N)ccnc1NC1CCC(F)(F)CC1. The Labute approximate surface area is 156 Å². The topological polar surface area (TPSA) is 101 Å². The summed E-state index contributed by atoms with van der Waals surface area (Å²) in [5, 5.41) is 11.3. The number of nitrogens with one attached hydrogen (secondary N) is 2. The Bertz CT molecular complexity index is 873. The zero-order valence-corrected chi connectivity index (χ0v) is 14.5. The highest BCUT2D eigenvalue weighted by atomic mass is 19.4. The zero-order valence-electron chi connectivity index (χ0n) is 14.5. The summed E-state index contributed by atoms with van der Waals surface area (Å²) >= 11 is 0. The Morgan fingerprint density at radius 3 is 2.50 bits per heavy atom. The molecule has 0 saturated heterocycles. The van der Waals surface area contributed by atoms with Gasteiger partial charge in [0.05, 0.1) is 17.0 Å². The van der Waals surface area contributed by atoms with E-state index >= 15 is 0 Å². The number of nitrogens with zero attached hydrogens (tertiary/aromatic N) is 3. The fraction of sp³-hybridized carbons (Fsp3) is 0.412. The molecule has 0 atom stereocenters. The molecule has 1 fully saturated rings. The Morgan fingerprint density at radius 1 is 1.18 bits per heavy atom. The van der Waals surface area contributed by atoms with Gasteiger partial charge in [-0.1, -0.05) is 0 Å². The second-order valence-electron chi connectivity index (χ2n) is 6.56. The largest absolute Gasteiger partial charge is 0.433 e. The Balaban J connectivity index is 1.89. The highest BCUT2D eigenvalue weighted by Crippen LogP contribution is 2.35. The van der Waals surface area contributed by atoms with Gasteiger partial charge in [-0.15, -0.1) is 0 Å². The number of anilines is 2. The van der Waals surface area contributed by atoms with Crippen molar-refractivity contribution < 1.29 is 22.0 Å². The Kier molecular flexibility index (Phi) is 5.18. The van der Waals surface area contributed by atoms with Crippen molar-refractivity contribution in [2.24, 2.45) is 0 Å². The Morgan fingerprint density at radius 2 is 1.86 bits per heavy atom. The van der Waals surface area contributed by atoms with Crippen LogP contribution in [0.3, 0.4) is 0 Å². The fourth-order valence-corrected chi connectivity index (χ4v) is 3.00. The standard InChI is InChI=1S/C17H17F5N6/c18-16(19)4-1-9(2-5-16)28-15-13(10(23)3-6-25-15)14(24)11-7-12(17(20,21)22)27-8-26-11/h3,6-9,24H,1-2,4-5H2,(H3,23,25,28). The van der Waals surface area contributed by atoms with Crippen molar-refractivity contribution in [2.45, 2.75) is 43.8 Å². The molecular formula is C17H17F5N6. The van der Waals surface area contributed by atoms with Crippen LogP contribution in [0.2, 0.25) is 0 Å². The molecule has 3 rings (SSSR count). The van der Waals surface area contributed by atoms with Gasteiger partial charge in [0.2, 0.25) is 5.92 Å². The molecule has 150 valence electrons. The Hall–Kier alpha value is -2.85. The van der Waals surface area contributed by atoms with Crippen LogP contribution >= 0.6 is 0 Å². The molecule has 2 aromatic rings. The number of halogens is 5. The molecule has 1 aliphatic carbocycles. The molecule has 0 aliphatic heterocycles. The average Bonchev–Trinajstić information content (AvgIpc) is 2.62. The molecule has 4 N–H and O–H groups in total. The van der Waals surface area contributed by atoms with E-state index in [9.17, 15) is 22.0 Å². The third-order valence-corrected chi connectivity index (χ3v) is 4.50. The second kappa shape index (κ2) is 7.28. The lowest BCUT2D eigenvalue weighted by Gasteiger charge is -2.29. The maximum atomic E-state index is 13.3. The maximum absolute atomic E-state index is 13.3. The molecule has 0 bridgehead atoms. The number of pyridine rings is 1. The van der Waals surface area contributed by atoms with Gasteiger partial charge in [0, 0.05) is 30.8 Å². The third-order valence-electron chi connectivity index (χ3n) is 4.50. The van der Waals surface area contributed by atoms with Crippen molar-refractivity contribution >= 4 is 17.2 Å². The molecule has 28 heavy (non-hydrogen) atoms. The number of rotatable bonds is 4. The minimum absolute atomic E-state index is 0.0617. The smallest absolute Gasteiger partial charge is 0.398 e. The van der Waals surface area contributed by atoms with E-state index in [2.05, 4.69) is 20.3 Å². The summed E-state index contributed by atoms with van der Waals surface area (Å²) in [5.74, 6) is -2.56. The van der Waals surface area contributed by atoms with Crippen LogP contribution in [0.15, 0.2) is 24.7 Å². The van der Waals surface area contributed by atoms with Gasteiger partial charge in [0.1, 0.15) is 17.8 Å². The van der Waals surface area contributed by atoms with Crippen molar-refractivity contribution in [3.63, 3.8) is 0 Å². The van der Waals surface area contributed by atoms with Crippen LogP contribution in [-0.2, 0) is 6.18 Å². The van der Waals surface area contributed by atoms with Crippen molar-refractivity contribution in [3.8, 4) is 0 Å². The van der Waals surface area contributed by atoms with E-state index < -0.39 is 17.8 Å². The van der Waals surface area contributed by atoms with Gasteiger partial charge >= 0.3 is 6.18 Å². The summed E-state index contributed by atoms with van der Waals surface area (Å²) in [4.78, 5) is 11.0. The van der Waals surface area contributed by atoms with Gasteiger partial charge < -0.3 is 11.1 Å². The monoisotopic (exact) mass is 400 g/mol. The lowest BCUT2D eigenvalue weighted by molar-refractivity contribution is -0.141. The van der Waals surface area contributed by atoms with Crippen LogP contribution in [0.1, 0.15) is 42.6 Å². The predicted octanol–water partition coefficient (Wildman–Crippen LogP) is 3.88. The molecule has 0 spiro atoms. The van der Waals surface area contributed by atoms with Crippen LogP contribution in [0.4, 0.5) is 33.5 Å². The number of hydrogen-bond acceptors (Lipinski definition) is 6. The predicted molar refractivity (Wildman–Crippen MR) is 92.4 cm³/mol. The first-order chi connectivity index (χ1) is 13.1. The summed E-state index contributed by atoms with van der Waals surface area (Å²) in [6.45, 7) is 0. The number of hydrogen-bond donors (Lipinski definition) is 3. The molecule has 0 radical (unpaired) electrons. The molecule has 0 amide bonds. The highest BCUT2D eigenvalue weighted by Gasteiger charge is 2.36. The summed E-state index contributed by atoms with van der Waals surface area (Å²) in [5.41, 5.74) is 4.26. The number of aromatic nitrogens is 3. The molecule has 0 unspecified atom stereocenters. The van der Waals surface area contributed by atoms with Crippen molar-refractivity contribution in [2.75, 3.05) is 11.1 Å². The van der Waals surface area contributed by atoms with E-state index in [1.165, 1.54) is 12.3 Å². The average molecular weight is 400 g/mol. The summed E-state index contributed by atoms with van der Waals surface area (Å²) in [6.07, 6.45) is -2.76. The van der Waals surface area contributed by atoms with Gasteiger partial charge in [-0.3, -0.25) is 5.41 Å². The van der Waals surface area contributed by atoms with Gasteiger partial charge in [-0.2, -0.15) is 13.2 Å². The van der Waals surface area contributed by atoms with Gasteiger partial charge in [0.25, 0.3) is 0 Å². The van der Waals surface area contributed by atoms with E-state index in [-0.39, 0.29) is 60.2 Å². The summed E-state index contributed by atoms with van der Waals surface area (Å²) < 4.78 is 65.4. The second-order valence-corrected chi connectivity index (χ2v) is 6.56. The van der Waals surface area contributed by atoms with Crippen LogP contribution in [-0.4, -0.2) is 32.6 Å². The molecule has 11 heteroatoms. The third kappa shape index (κ3) is 4.34. The molecule has 6 nitrogen and oxygen atoms in total. The van der Waals surface area contributed by atoms with Crippen molar-refractivity contribution in [1.82, 2.24) is 15.0 Å². The minimum Gasteiger partial charge on any atom is -0.398 e. The number of alkyl halides is 5. The van der Waals surface area contributed by atoms with E-state index in [1.54, 1.807) is 0 Å². The van der Waals surface area contributed by atoms with Crippen LogP contribution in [0.25, 0.3) is 0 Å². The van der Waals surface area contributed by atoms with E-state index in [1.807, 2.05) is 0 Å². The summed E-state index contributed by atoms with van der Waals surface area (Å²) in [6, 6.07) is 1.74. The summed E-state index contributed by atoms with van der Waals surface area (Å²) in [7, 11) is 0. The highest BCUT2D eigenvalue weighted by molar-refractivity contribution is 6.15. The van der Waals surface area contributed by atoms with Crippen LogP contribution < -0.4 is 11.1 Å². The minimum atomic E-state index is -4.69. The fourth-order valence-electron chi connectivity index (χ4n) is 3.00. The molecule has 1 saturated carbocycles. The number of nitrogens with two attached hydrogens (primary N) is 1. The van der Waals surface area contributed by atoms with Crippen LogP contribution in [0, 0.1) is 5.41 Å². The van der Waals surface area contributed by atoms with Crippen molar-refractivity contribution in [3.05, 3.63) is 41.6 Å². The van der Waals surface area contributed by atoms with E-state index in [4.69, 9.17) is 11.1 Å². The molecule has 0 aromatic carbocycles. The first kappa shape index (κ1) is 19.9. The first-order valence-electron chi connectivity index (χ1n) is 8.44. The number of nitrogen functional groups attached to an aromatic ring is 1. The molecular weight excluding hydrogens is 383 g/mol. The van der Waals surface area contributed by atoms with Gasteiger partial charge in [-0.05, 0) is 25.0 Å². The van der Waals surface area contributed by atoms with Gasteiger partial charge in [-0.25, -0.2) is 23.7 Å². The maximum Gasteiger partial charge on any atom is 0.433 e. The normalized spacial score (nSPS) is 17.3. The van der Waals surface area contributed by atoms with Crippen molar-refractivity contribution in [1.29, 1.82) is 5.41 Å². The first-order valence-corrected chi connectivity index (χ1v) is 8.44. The molecule has 2 heterocycles. The van der Waals surface area contributed by atoms with Gasteiger partial charge in [0.15, 0.2) is 0 Å². The zero-order chi connectivity index (χ0) is 20.5.